The van der Waals surface area contributed by atoms with Gasteiger partial charge in [0.1, 0.15) is 11.6 Å². The van der Waals surface area contributed by atoms with Crippen LogP contribution in [0, 0.1) is 25.2 Å². The Morgan fingerprint density at radius 2 is 1.79 bits per heavy atom. The van der Waals surface area contributed by atoms with Gasteiger partial charge in [-0.25, -0.2) is 0 Å². The van der Waals surface area contributed by atoms with Crippen molar-refractivity contribution in [3.63, 3.8) is 0 Å². The molecule has 2 rings (SSSR count). The van der Waals surface area contributed by atoms with E-state index in [9.17, 15) is 10.1 Å². The maximum atomic E-state index is 12.4. The monoisotopic (exact) mass is 319 g/mol. The largest absolute Gasteiger partial charge is 0.378 e. The fourth-order valence-corrected chi connectivity index (χ4v) is 2.33. The molecule has 0 heterocycles. The molecule has 0 saturated carbocycles. The molecule has 4 heteroatoms. The number of rotatable bonds is 4. The van der Waals surface area contributed by atoms with Crippen LogP contribution in [0.5, 0.6) is 0 Å². The van der Waals surface area contributed by atoms with Gasteiger partial charge in [-0.15, -0.1) is 0 Å². The standard InChI is InChI=1S/C20H21N3O/c1-14-5-10-19(15(2)11-14)22-20(24)17(13-21)12-16-6-8-18(9-7-16)23(3)4/h5-12H,1-4H3,(H,22,24). The van der Waals surface area contributed by atoms with Crippen LogP contribution in [0.2, 0.25) is 0 Å². The van der Waals surface area contributed by atoms with Gasteiger partial charge in [-0.3, -0.25) is 4.79 Å². The zero-order valence-electron chi connectivity index (χ0n) is 14.4. The highest BCUT2D eigenvalue weighted by atomic mass is 16.1. The van der Waals surface area contributed by atoms with Crippen LogP contribution < -0.4 is 10.2 Å². The van der Waals surface area contributed by atoms with Crippen molar-refractivity contribution in [3.05, 3.63) is 64.7 Å². The summed E-state index contributed by atoms with van der Waals surface area (Å²) in [6.07, 6.45) is 1.60. The summed E-state index contributed by atoms with van der Waals surface area (Å²) >= 11 is 0. The smallest absolute Gasteiger partial charge is 0.266 e. The summed E-state index contributed by atoms with van der Waals surface area (Å²) < 4.78 is 0. The Morgan fingerprint density at radius 1 is 1.12 bits per heavy atom. The van der Waals surface area contributed by atoms with E-state index >= 15 is 0 Å². The first-order valence-corrected chi connectivity index (χ1v) is 7.68. The van der Waals surface area contributed by atoms with Gasteiger partial charge in [0.15, 0.2) is 0 Å². The summed E-state index contributed by atoms with van der Waals surface area (Å²) in [5.41, 5.74) is 4.76. The molecule has 0 unspecified atom stereocenters. The van der Waals surface area contributed by atoms with Crippen LogP contribution in [-0.2, 0) is 4.79 Å². The number of anilines is 2. The van der Waals surface area contributed by atoms with E-state index in [4.69, 9.17) is 0 Å². The summed E-state index contributed by atoms with van der Waals surface area (Å²) in [5, 5.41) is 12.1. The number of aryl methyl sites for hydroxylation is 2. The Balaban J connectivity index is 2.20. The number of nitrogens with one attached hydrogen (secondary N) is 1. The van der Waals surface area contributed by atoms with E-state index in [0.717, 1.165) is 28.1 Å². The summed E-state index contributed by atoms with van der Waals surface area (Å²) in [6.45, 7) is 3.93. The van der Waals surface area contributed by atoms with E-state index in [1.54, 1.807) is 6.08 Å². The molecule has 1 N–H and O–H groups in total. The summed E-state index contributed by atoms with van der Waals surface area (Å²) in [5.74, 6) is -0.402. The van der Waals surface area contributed by atoms with Crippen LogP contribution in [0.1, 0.15) is 16.7 Å². The predicted octanol–water partition coefficient (Wildman–Crippen LogP) is 3.92. The summed E-state index contributed by atoms with van der Waals surface area (Å²) in [6, 6.07) is 15.4. The molecular formula is C20H21N3O. The zero-order chi connectivity index (χ0) is 17.7. The van der Waals surface area contributed by atoms with Gasteiger partial charge in [0.05, 0.1) is 0 Å². The number of benzene rings is 2. The molecule has 2 aromatic rings. The van der Waals surface area contributed by atoms with Gasteiger partial charge in [-0.1, -0.05) is 29.8 Å². The molecule has 0 aliphatic carbocycles. The second-order valence-electron chi connectivity index (χ2n) is 5.93. The van der Waals surface area contributed by atoms with E-state index in [1.807, 2.05) is 81.4 Å². The molecule has 0 fully saturated rings. The molecule has 0 bridgehead atoms. The fourth-order valence-electron chi connectivity index (χ4n) is 2.33. The van der Waals surface area contributed by atoms with Crippen molar-refractivity contribution in [2.45, 2.75) is 13.8 Å². The molecule has 0 atom stereocenters. The molecule has 4 nitrogen and oxygen atoms in total. The maximum Gasteiger partial charge on any atom is 0.266 e. The van der Waals surface area contributed by atoms with Gasteiger partial charge in [-0.2, -0.15) is 5.26 Å². The highest BCUT2D eigenvalue weighted by molar-refractivity contribution is 6.10. The van der Waals surface area contributed by atoms with E-state index in [-0.39, 0.29) is 5.57 Å². The Morgan fingerprint density at radius 3 is 2.33 bits per heavy atom. The van der Waals surface area contributed by atoms with Crippen molar-refractivity contribution in [1.29, 1.82) is 5.26 Å². The third kappa shape index (κ3) is 4.23. The first-order valence-electron chi connectivity index (χ1n) is 7.68. The molecule has 2 aromatic carbocycles. The lowest BCUT2D eigenvalue weighted by atomic mass is 10.1. The lowest BCUT2D eigenvalue weighted by molar-refractivity contribution is -0.112. The van der Waals surface area contributed by atoms with Crippen molar-refractivity contribution in [2.75, 3.05) is 24.3 Å². The summed E-state index contributed by atoms with van der Waals surface area (Å²) in [4.78, 5) is 14.3. The van der Waals surface area contributed by atoms with Crippen molar-refractivity contribution in [1.82, 2.24) is 0 Å². The zero-order valence-corrected chi connectivity index (χ0v) is 14.4. The average molecular weight is 319 g/mol. The van der Waals surface area contributed by atoms with Crippen LogP contribution in [0.4, 0.5) is 11.4 Å². The van der Waals surface area contributed by atoms with Gasteiger partial charge in [-0.05, 0) is 49.2 Å². The quantitative estimate of drug-likeness (QED) is 0.686. The maximum absolute atomic E-state index is 12.4. The average Bonchev–Trinajstić information content (AvgIpc) is 2.55. The topological polar surface area (TPSA) is 56.1 Å². The van der Waals surface area contributed by atoms with Crippen LogP contribution in [-0.4, -0.2) is 20.0 Å². The first-order chi connectivity index (χ1) is 11.4. The van der Waals surface area contributed by atoms with Gasteiger partial charge in [0.25, 0.3) is 5.91 Å². The van der Waals surface area contributed by atoms with E-state index < -0.39 is 5.91 Å². The number of carbonyl (C=O) groups is 1. The minimum atomic E-state index is -0.402. The number of nitriles is 1. The van der Waals surface area contributed by atoms with Crippen molar-refractivity contribution >= 4 is 23.4 Å². The molecule has 122 valence electrons. The molecule has 0 aliphatic rings. The lowest BCUT2D eigenvalue weighted by Gasteiger charge is -2.12. The molecular weight excluding hydrogens is 298 g/mol. The van der Waals surface area contributed by atoms with Gasteiger partial charge >= 0.3 is 0 Å². The molecule has 0 saturated heterocycles. The molecule has 0 aliphatic heterocycles. The molecule has 1 amide bonds. The number of carbonyl (C=O) groups excluding carboxylic acids is 1. The van der Waals surface area contributed by atoms with E-state index in [0.29, 0.717) is 0 Å². The third-order valence-corrected chi connectivity index (χ3v) is 3.72. The van der Waals surface area contributed by atoms with Gasteiger partial charge in [0, 0.05) is 25.5 Å². The lowest BCUT2D eigenvalue weighted by Crippen LogP contribution is -2.14. The van der Waals surface area contributed by atoms with Crippen LogP contribution in [0.3, 0.4) is 0 Å². The molecule has 0 spiro atoms. The van der Waals surface area contributed by atoms with Crippen LogP contribution in [0.15, 0.2) is 48.0 Å². The fraction of sp³-hybridized carbons (Fsp3) is 0.200. The second kappa shape index (κ2) is 7.47. The Bertz CT molecular complexity index is 812. The Hall–Kier alpha value is -3.06. The number of nitrogens with zero attached hydrogens (tertiary/aromatic N) is 2. The number of hydrogen-bond donors (Lipinski definition) is 1. The van der Waals surface area contributed by atoms with E-state index in [1.165, 1.54) is 0 Å². The first kappa shape index (κ1) is 17.3. The summed E-state index contributed by atoms with van der Waals surface area (Å²) in [7, 11) is 3.92. The van der Waals surface area contributed by atoms with Crippen LogP contribution in [0.25, 0.3) is 6.08 Å². The minimum absolute atomic E-state index is 0.0765. The number of amides is 1. The van der Waals surface area contributed by atoms with Crippen molar-refractivity contribution < 1.29 is 4.79 Å². The third-order valence-electron chi connectivity index (χ3n) is 3.72. The highest BCUT2D eigenvalue weighted by Gasteiger charge is 2.11. The highest BCUT2D eigenvalue weighted by Crippen LogP contribution is 2.18. The van der Waals surface area contributed by atoms with Crippen molar-refractivity contribution in [2.24, 2.45) is 0 Å². The van der Waals surface area contributed by atoms with Gasteiger partial charge < -0.3 is 10.2 Å². The Labute approximate surface area is 143 Å². The molecule has 0 aromatic heterocycles. The predicted molar refractivity (Wildman–Crippen MR) is 98.9 cm³/mol. The minimum Gasteiger partial charge on any atom is -0.378 e. The van der Waals surface area contributed by atoms with E-state index in [2.05, 4.69) is 5.32 Å². The SMILES string of the molecule is Cc1ccc(NC(=O)C(C#N)=Cc2ccc(N(C)C)cc2)c(C)c1. The Kier molecular flexibility index (Phi) is 5.39. The van der Waals surface area contributed by atoms with Crippen LogP contribution >= 0.6 is 0 Å². The number of hydrogen-bond acceptors (Lipinski definition) is 3. The van der Waals surface area contributed by atoms with Gasteiger partial charge in [0.2, 0.25) is 0 Å². The molecule has 0 radical (unpaired) electrons. The van der Waals surface area contributed by atoms with Crippen molar-refractivity contribution in [3.8, 4) is 6.07 Å². The molecule has 24 heavy (non-hydrogen) atoms. The normalized spacial score (nSPS) is 10.9. The second-order valence-corrected chi connectivity index (χ2v) is 5.93.